The van der Waals surface area contributed by atoms with Crippen LogP contribution in [-0.2, 0) is 4.79 Å². The zero-order chi connectivity index (χ0) is 36.8. The lowest BCUT2D eigenvalue weighted by Gasteiger charge is -2.27. The van der Waals surface area contributed by atoms with Gasteiger partial charge in [-0.05, 0) is 12.8 Å². The highest BCUT2D eigenvalue weighted by molar-refractivity contribution is 5.80. The van der Waals surface area contributed by atoms with Crippen LogP contribution in [0, 0.1) is 0 Å². The molecule has 0 bridgehead atoms. The number of hydrogen-bond donors (Lipinski definition) is 5. The van der Waals surface area contributed by atoms with Gasteiger partial charge in [0.15, 0.2) is 0 Å². The molecule has 0 radical (unpaired) electrons. The number of aliphatic hydroxyl groups is 4. The summed E-state index contributed by atoms with van der Waals surface area (Å²) in [6.07, 6.45) is 42.1. The maximum absolute atomic E-state index is 12.4. The van der Waals surface area contributed by atoms with E-state index >= 15 is 0 Å². The van der Waals surface area contributed by atoms with Gasteiger partial charge in [0, 0.05) is 0 Å². The summed E-state index contributed by atoms with van der Waals surface area (Å²) in [5.41, 5.74) is 0. The molecular weight excluding hydrogens is 622 g/mol. The van der Waals surface area contributed by atoms with Crippen molar-refractivity contribution in [2.24, 2.45) is 0 Å². The van der Waals surface area contributed by atoms with Gasteiger partial charge in [0.1, 0.15) is 12.2 Å². The normalized spacial score (nSPS) is 14.1. The van der Waals surface area contributed by atoms with Crippen LogP contribution in [0.1, 0.15) is 245 Å². The smallest absolute Gasteiger partial charge is 0.249 e. The second-order valence-electron chi connectivity index (χ2n) is 15.8. The number of aliphatic hydroxyl groups excluding tert-OH is 4. The number of amides is 1. The van der Waals surface area contributed by atoms with Gasteiger partial charge in [0.05, 0.1) is 18.8 Å². The fourth-order valence-corrected chi connectivity index (χ4v) is 7.23. The number of carbonyl (C=O) groups excluding carboxylic acids is 1. The molecule has 0 aliphatic carbocycles. The van der Waals surface area contributed by atoms with E-state index in [9.17, 15) is 25.2 Å². The van der Waals surface area contributed by atoms with Crippen LogP contribution >= 0.6 is 0 Å². The summed E-state index contributed by atoms with van der Waals surface area (Å²) in [4.78, 5) is 12.4. The van der Waals surface area contributed by atoms with E-state index in [0.29, 0.717) is 12.8 Å². The quantitative estimate of drug-likeness (QED) is 0.0406. The number of rotatable bonds is 41. The summed E-state index contributed by atoms with van der Waals surface area (Å²) in [6, 6.07) is -0.976. The predicted octanol–water partition coefficient (Wildman–Crippen LogP) is 11.6. The fraction of sp³-hybridized carbons (Fsp3) is 0.977. The molecule has 1 amide bonds. The molecule has 0 fully saturated rings. The van der Waals surface area contributed by atoms with Gasteiger partial charge in [0.25, 0.3) is 0 Å². The standard InChI is InChI=1S/C44H89NO5/c1-3-5-7-9-10-11-12-13-14-15-16-17-18-19-20-21-22-23-24-25-26-27-28-29-30-31-32-34-36-38-42(48)44(50)45-40(39-46)43(49)41(47)37-35-33-8-6-4-2/h40-43,46-49H,3-39H2,1-2H3,(H,45,50). The molecule has 4 atom stereocenters. The van der Waals surface area contributed by atoms with Crippen LogP contribution in [0.5, 0.6) is 0 Å². The molecule has 4 unspecified atom stereocenters. The van der Waals surface area contributed by atoms with Crippen molar-refractivity contribution in [2.75, 3.05) is 6.61 Å². The average Bonchev–Trinajstić information content (AvgIpc) is 3.12. The highest BCUT2D eigenvalue weighted by atomic mass is 16.3. The SMILES string of the molecule is CCCCCCCCCCCCCCCCCCCCCCCCCCCCCCCC(O)C(=O)NC(CO)C(O)C(O)CCCCCCC. The lowest BCUT2D eigenvalue weighted by molar-refractivity contribution is -0.132. The molecule has 300 valence electrons. The lowest BCUT2D eigenvalue weighted by atomic mass is 9.99. The third-order valence-corrected chi connectivity index (χ3v) is 10.8. The van der Waals surface area contributed by atoms with E-state index in [4.69, 9.17) is 0 Å². The van der Waals surface area contributed by atoms with E-state index in [1.54, 1.807) is 0 Å². The van der Waals surface area contributed by atoms with Crippen LogP contribution in [0.15, 0.2) is 0 Å². The Kier molecular flexibility index (Phi) is 39.0. The van der Waals surface area contributed by atoms with Gasteiger partial charge in [-0.25, -0.2) is 0 Å². The van der Waals surface area contributed by atoms with Crippen LogP contribution in [0.2, 0.25) is 0 Å². The van der Waals surface area contributed by atoms with Crippen molar-refractivity contribution in [3.8, 4) is 0 Å². The molecule has 0 saturated heterocycles. The largest absolute Gasteiger partial charge is 0.394 e. The van der Waals surface area contributed by atoms with Crippen molar-refractivity contribution < 1.29 is 25.2 Å². The minimum absolute atomic E-state index is 0.375. The first-order valence-corrected chi connectivity index (χ1v) is 22.4. The molecule has 0 aromatic heterocycles. The summed E-state index contributed by atoms with van der Waals surface area (Å²) >= 11 is 0. The first-order chi connectivity index (χ1) is 24.5. The van der Waals surface area contributed by atoms with Gasteiger partial charge >= 0.3 is 0 Å². The molecule has 5 N–H and O–H groups in total. The maximum atomic E-state index is 12.4. The highest BCUT2D eigenvalue weighted by Crippen LogP contribution is 2.17. The molecule has 0 heterocycles. The first kappa shape index (κ1) is 49.3. The Morgan fingerprint density at radius 2 is 0.680 bits per heavy atom. The van der Waals surface area contributed by atoms with E-state index in [1.165, 1.54) is 167 Å². The summed E-state index contributed by atoms with van der Waals surface area (Å²) < 4.78 is 0. The van der Waals surface area contributed by atoms with Crippen molar-refractivity contribution in [1.82, 2.24) is 5.32 Å². The maximum Gasteiger partial charge on any atom is 0.249 e. The van der Waals surface area contributed by atoms with Gasteiger partial charge in [-0.2, -0.15) is 0 Å². The van der Waals surface area contributed by atoms with E-state index in [0.717, 1.165) is 51.4 Å². The third kappa shape index (κ3) is 33.2. The predicted molar refractivity (Wildman–Crippen MR) is 215 cm³/mol. The van der Waals surface area contributed by atoms with E-state index in [2.05, 4.69) is 19.2 Å². The molecule has 0 rings (SSSR count). The molecule has 0 aliphatic rings. The van der Waals surface area contributed by atoms with Crippen molar-refractivity contribution in [3.63, 3.8) is 0 Å². The molecular formula is C44H89NO5. The Morgan fingerprint density at radius 1 is 0.420 bits per heavy atom. The molecule has 50 heavy (non-hydrogen) atoms. The van der Waals surface area contributed by atoms with E-state index in [1.807, 2.05) is 0 Å². The number of nitrogens with one attached hydrogen (secondary N) is 1. The number of hydrogen-bond acceptors (Lipinski definition) is 5. The second-order valence-corrected chi connectivity index (χ2v) is 15.8. The highest BCUT2D eigenvalue weighted by Gasteiger charge is 2.28. The molecule has 0 spiro atoms. The van der Waals surface area contributed by atoms with E-state index < -0.39 is 36.9 Å². The van der Waals surface area contributed by atoms with Crippen LogP contribution in [0.25, 0.3) is 0 Å². The molecule has 0 aromatic carbocycles. The Labute approximate surface area is 311 Å². The van der Waals surface area contributed by atoms with Crippen LogP contribution in [0.4, 0.5) is 0 Å². The lowest BCUT2D eigenvalue weighted by Crippen LogP contribution is -2.53. The van der Waals surface area contributed by atoms with Gasteiger partial charge in [-0.3, -0.25) is 4.79 Å². The number of unbranched alkanes of at least 4 members (excludes halogenated alkanes) is 32. The monoisotopic (exact) mass is 712 g/mol. The molecule has 0 aliphatic heterocycles. The van der Waals surface area contributed by atoms with Gasteiger partial charge < -0.3 is 25.7 Å². The van der Waals surface area contributed by atoms with Crippen molar-refractivity contribution in [1.29, 1.82) is 0 Å². The average molecular weight is 712 g/mol. The topological polar surface area (TPSA) is 110 Å². The van der Waals surface area contributed by atoms with Gasteiger partial charge in [-0.1, -0.05) is 232 Å². The van der Waals surface area contributed by atoms with E-state index in [-0.39, 0.29) is 0 Å². The summed E-state index contributed by atoms with van der Waals surface area (Å²) in [7, 11) is 0. The van der Waals surface area contributed by atoms with Crippen LogP contribution < -0.4 is 5.32 Å². The first-order valence-electron chi connectivity index (χ1n) is 22.4. The zero-order valence-corrected chi connectivity index (χ0v) is 33.7. The molecule has 6 heteroatoms. The molecule has 0 aromatic rings. The summed E-state index contributed by atoms with van der Waals surface area (Å²) in [5.74, 6) is -0.585. The summed E-state index contributed by atoms with van der Waals surface area (Å²) in [5, 5.41) is 43.1. The third-order valence-electron chi connectivity index (χ3n) is 10.8. The molecule has 6 nitrogen and oxygen atoms in total. The Bertz CT molecular complexity index is 677. The van der Waals surface area contributed by atoms with Gasteiger partial charge in [0.2, 0.25) is 5.91 Å². The van der Waals surface area contributed by atoms with Crippen LogP contribution in [0.3, 0.4) is 0 Å². The van der Waals surface area contributed by atoms with Gasteiger partial charge in [-0.15, -0.1) is 0 Å². The minimum atomic E-state index is -1.25. The van der Waals surface area contributed by atoms with Crippen molar-refractivity contribution in [2.45, 2.75) is 269 Å². The second kappa shape index (κ2) is 39.5. The van der Waals surface area contributed by atoms with Crippen molar-refractivity contribution >= 4 is 5.91 Å². The Morgan fingerprint density at radius 3 is 0.960 bits per heavy atom. The Hall–Kier alpha value is -0.690. The van der Waals surface area contributed by atoms with Crippen molar-refractivity contribution in [3.05, 3.63) is 0 Å². The zero-order valence-electron chi connectivity index (χ0n) is 33.7. The summed E-state index contributed by atoms with van der Waals surface area (Å²) in [6.45, 7) is 3.96. The Balaban J connectivity index is 3.46. The molecule has 0 saturated carbocycles. The fourth-order valence-electron chi connectivity index (χ4n) is 7.23. The minimum Gasteiger partial charge on any atom is -0.394 e. The number of carbonyl (C=O) groups is 1. The van der Waals surface area contributed by atoms with Crippen LogP contribution in [-0.4, -0.2) is 57.3 Å².